The molecule has 2 heterocycles. The summed E-state index contributed by atoms with van der Waals surface area (Å²) in [6.07, 6.45) is 5.71. The molecule has 24 heavy (non-hydrogen) atoms. The number of carboxylic acids is 1. The van der Waals surface area contributed by atoms with Gasteiger partial charge in [-0.2, -0.15) is 5.10 Å². The van der Waals surface area contributed by atoms with Crippen molar-refractivity contribution < 1.29 is 14.3 Å². The normalized spacial score (nSPS) is 11.6. The summed E-state index contributed by atoms with van der Waals surface area (Å²) in [5, 5.41) is 16.6. The number of hydrogen-bond acceptors (Lipinski definition) is 4. The van der Waals surface area contributed by atoms with Crippen LogP contribution in [0.4, 0.5) is 15.9 Å². The first-order valence-corrected chi connectivity index (χ1v) is 7.38. The Morgan fingerprint density at radius 1 is 1.50 bits per heavy atom. The molecule has 0 saturated carbocycles. The molecule has 0 fully saturated rings. The summed E-state index contributed by atoms with van der Waals surface area (Å²) in [5.41, 5.74) is 1.47. The van der Waals surface area contributed by atoms with Gasteiger partial charge >= 0.3 is 5.97 Å². The topological polar surface area (TPSA) is 80.0 Å². The van der Waals surface area contributed by atoms with Crippen LogP contribution >= 0.6 is 0 Å². The van der Waals surface area contributed by atoms with Crippen molar-refractivity contribution in [1.82, 2.24) is 14.8 Å². The van der Waals surface area contributed by atoms with Gasteiger partial charge in [0.05, 0.1) is 29.0 Å². The van der Waals surface area contributed by atoms with E-state index in [0.29, 0.717) is 17.1 Å². The first kappa shape index (κ1) is 17.4. The smallest absolute Gasteiger partial charge is 0.337 e. The molecule has 7 heteroatoms. The van der Waals surface area contributed by atoms with E-state index < -0.39 is 11.8 Å². The SMILES string of the molecule is C=Cc1c(/C=C(\C)F)c(Nc2cnccc2C(=O)O)nn1C(C)C. The third-order valence-corrected chi connectivity index (χ3v) is 3.32. The molecule has 126 valence electrons. The molecular formula is C17H19FN4O2. The predicted molar refractivity (Wildman–Crippen MR) is 91.9 cm³/mol. The number of hydrogen-bond donors (Lipinski definition) is 2. The fourth-order valence-electron chi connectivity index (χ4n) is 2.30. The van der Waals surface area contributed by atoms with E-state index in [1.165, 1.54) is 31.5 Å². The van der Waals surface area contributed by atoms with Gasteiger partial charge in [-0.1, -0.05) is 6.58 Å². The number of anilines is 2. The Morgan fingerprint density at radius 2 is 2.21 bits per heavy atom. The van der Waals surface area contributed by atoms with Gasteiger partial charge in [0.15, 0.2) is 5.82 Å². The second-order valence-corrected chi connectivity index (χ2v) is 5.47. The molecule has 6 nitrogen and oxygen atoms in total. The molecule has 0 aromatic carbocycles. The van der Waals surface area contributed by atoms with Gasteiger partial charge in [0.25, 0.3) is 0 Å². The predicted octanol–water partition coefficient (Wildman–Crippen LogP) is 4.27. The number of rotatable bonds is 6. The van der Waals surface area contributed by atoms with E-state index >= 15 is 0 Å². The highest BCUT2D eigenvalue weighted by Gasteiger charge is 2.18. The number of aromatic carboxylic acids is 1. The van der Waals surface area contributed by atoms with Gasteiger partial charge in [-0.25, -0.2) is 9.18 Å². The van der Waals surface area contributed by atoms with Crippen molar-refractivity contribution in [1.29, 1.82) is 0 Å². The Labute approximate surface area is 139 Å². The Morgan fingerprint density at radius 3 is 2.75 bits per heavy atom. The number of carbonyl (C=O) groups is 1. The summed E-state index contributed by atoms with van der Waals surface area (Å²) in [6.45, 7) is 8.96. The highest BCUT2D eigenvalue weighted by molar-refractivity contribution is 5.95. The number of allylic oxidation sites excluding steroid dienone is 1. The zero-order valence-corrected chi connectivity index (χ0v) is 13.7. The van der Waals surface area contributed by atoms with E-state index in [4.69, 9.17) is 0 Å². The molecule has 0 atom stereocenters. The lowest BCUT2D eigenvalue weighted by molar-refractivity contribution is 0.0698. The maximum Gasteiger partial charge on any atom is 0.337 e. The number of halogens is 1. The molecule has 2 aromatic heterocycles. The van der Waals surface area contributed by atoms with Crippen molar-refractivity contribution in [2.45, 2.75) is 26.8 Å². The molecule has 0 bridgehead atoms. The van der Waals surface area contributed by atoms with Gasteiger partial charge < -0.3 is 10.4 Å². The average molecular weight is 330 g/mol. The number of aromatic nitrogens is 3. The Kier molecular flexibility index (Phi) is 5.13. The van der Waals surface area contributed by atoms with E-state index in [1.54, 1.807) is 10.8 Å². The summed E-state index contributed by atoms with van der Waals surface area (Å²) in [6, 6.07) is 1.41. The van der Waals surface area contributed by atoms with Crippen LogP contribution in [0, 0.1) is 0 Å². The first-order chi connectivity index (χ1) is 11.3. The van der Waals surface area contributed by atoms with Crippen LogP contribution in [-0.2, 0) is 0 Å². The van der Waals surface area contributed by atoms with Crippen molar-refractivity contribution in [2.75, 3.05) is 5.32 Å². The van der Waals surface area contributed by atoms with Gasteiger partial charge in [0, 0.05) is 17.8 Å². The maximum atomic E-state index is 13.5. The fraction of sp³-hybridized carbons (Fsp3) is 0.235. The van der Waals surface area contributed by atoms with Crippen LogP contribution in [-0.4, -0.2) is 25.8 Å². The van der Waals surface area contributed by atoms with Crippen LogP contribution in [0.5, 0.6) is 0 Å². The molecule has 0 radical (unpaired) electrons. The maximum absolute atomic E-state index is 13.5. The van der Waals surface area contributed by atoms with Crippen molar-refractivity contribution in [3.63, 3.8) is 0 Å². The third-order valence-electron chi connectivity index (χ3n) is 3.32. The van der Waals surface area contributed by atoms with Gasteiger partial charge in [-0.3, -0.25) is 9.67 Å². The summed E-state index contributed by atoms with van der Waals surface area (Å²) in [5.74, 6) is -1.15. The van der Waals surface area contributed by atoms with Gasteiger partial charge in [0.1, 0.15) is 0 Å². The number of nitrogens with one attached hydrogen (secondary N) is 1. The zero-order valence-electron chi connectivity index (χ0n) is 13.7. The molecule has 0 aliphatic rings. The average Bonchev–Trinajstić information content (AvgIpc) is 2.85. The fourth-order valence-corrected chi connectivity index (χ4v) is 2.30. The lowest BCUT2D eigenvalue weighted by Gasteiger charge is -2.08. The van der Waals surface area contributed by atoms with Crippen molar-refractivity contribution in [3.05, 3.63) is 47.7 Å². The number of pyridine rings is 1. The number of nitrogens with zero attached hydrogens (tertiary/aromatic N) is 3. The molecule has 2 rings (SSSR count). The van der Waals surface area contributed by atoms with E-state index in [9.17, 15) is 14.3 Å². The Balaban J connectivity index is 2.60. The van der Waals surface area contributed by atoms with Crippen LogP contribution in [0.3, 0.4) is 0 Å². The summed E-state index contributed by atoms with van der Waals surface area (Å²) in [4.78, 5) is 15.3. The van der Waals surface area contributed by atoms with E-state index in [0.717, 1.165) is 0 Å². The monoisotopic (exact) mass is 330 g/mol. The lowest BCUT2D eigenvalue weighted by Crippen LogP contribution is -2.06. The van der Waals surface area contributed by atoms with E-state index in [-0.39, 0.29) is 17.3 Å². The molecule has 0 aliphatic carbocycles. The number of carboxylic acid groups (broad SMARTS) is 1. The highest BCUT2D eigenvalue weighted by atomic mass is 19.1. The second kappa shape index (κ2) is 7.08. The molecule has 0 spiro atoms. The molecule has 0 unspecified atom stereocenters. The van der Waals surface area contributed by atoms with Gasteiger partial charge in [-0.05, 0) is 39.0 Å². The summed E-state index contributed by atoms with van der Waals surface area (Å²) >= 11 is 0. The minimum atomic E-state index is -1.09. The second-order valence-electron chi connectivity index (χ2n) is 5.47. The van der Waals surface area contributed by atoms with Crippen LogP contribution in [0.1, 0.15) is 48.4 Å². The van der Waals surface area contributed by atoms with Crippen LogP contribution < -0.4 is 5.32 Å². The molecule has 2 N–H and O–H groups in total. The first-order valence-electron chi connectivity index (χ1n) is 7.38. The molecule has 0 aliphatic heterocycles. The Hall–Kier alpha value is -2.96. The molecular weight excluding hydrogens is 311 g/mol. The van der Waals surface area contributed by atoms with Crippen molar-refractivity contribution in [2.24, 2.45) is 0 Å². The minimum Gasteiger partial charge on any atom is -0.478 e. The van der Waals surface area contributed by atoms with Gasteiger partial charge in [-0.15, -0.1) is 0 Å². The molecule has 0 amide bonds. The Bertz CT molecular complexity index is 805. The zero-order chi connectivity index (χ0) is 17.9. The molecule has 0 saturated heterocycles. The van der Waals surface area contributed by atoms with Crippen molar-refractivity contribution in [3.8, 4) is 0 Å². The van der Waals surface area contributed by atoms with Gasteiger partial charge in [0.2, 0.25) is 0 Å². The van der Waals surface area contributed by atoms with E-state index in [2.05, 4.69) is 22.0 Å². The molecule has 2 aromatic rings. The largest absolute Gasteiger partial charge is 0.478 e. The quantitative estimate of drug-likeness (QED) is 0.826. The minimum absolute atomic E-state index is 0.0217. The van der Waals surface area contributed by atoms with Crippen LogP contribution in [0.25, 0.3) is 12.2 Å². The third kappa shape index (κ3) is 3.51. The lowest BCUT2D eigenvalue weighted by atomic mass is 10.1. The van der Waals surface area contributed by atoms with Crippen LogP contribution in [0.15, 0.2) is 30.9 Å². The summed E-state index contributed by atoms with van der Waals surface area (Å²) in [7, 11) is 0. The highest BCUT2D eigenvalue weighted by Crippen LogP contribution is 2.29. The van der Waals surface area contributed by atoms with Crippen LogP contribution in [0.2, 0.25) is 0 Å². The van der Waals surface area contributed by atoms with E-state index in [1.807, 2.05) is 13.8 Å². The van der Waals surface area contributed by atoms with Crippen molar-refractivity contribution >= 4 is 29.6 Å². The standard InChI is InChI=1S/C17H19FN4O2/c1-5-15-13(8-11(4)18)16(21-22(15)10(2)3)20-14-9-19-7-6-12(14)17(23)24/h5-10H,1H2,2-4H3,(H,20,21)(H,23,24)/b11-8+. The summed E-state index contributed by atoms with van der Waals surface area (Å²) < 4.78 is 15.2.